The van der Waals surface area contributed by atoms with Crippen LogP contribution in [0.2, 0.25) is 0 Å². The molecule has 2 aliphatic heterocycles. The lowest BCUT2D eigenvalue weighted by Crippen LogP contribution is -2.00. The minimum atomic E-state index is -4.66. The van der Waals surface area contributed by atoms with Crippen molar-refractivity contribution in [1.29, 1.82) is 0 Å². The standard InChI is InChI=1S/C33H29O5PS2/c1-3-11-22-14-9-15-25-28(20-23-12-5-7-18-30(23)40-32(22)25)37-39(34,35)38-29-21-24-13-6-8-19-31(24)41-33-26(29)16-10-17-27(33)36-4-2/h5-10,12-21H,3-4,11H2,1-2H3,(H,34,35). The van der Waals surface area contributed by atoms with E-state index in [4.69, 9.17) is 13.8 Å². The van der Waals surface area contributed by atoms with Crippen LogP contribution in [0.15, 0.2) is 105 Å². The average molecular weight is 601 g/mol. The van der Waals surface area contributed by atoms with Crippen LogP contribution in [0.1, 0.15) is 48.1 Å². The molecule has 8 heteroatoms. The van der Waals surface area contributed by atoms with Crippen molar-refractivity contribution in [2.45, 2.75) is 46.3 Å². The van der Waals surface area contributed by atoms with Gasteiger partial charge in [0.05, 0.1) is 11.5 Å². The number of aryl methyl sites for hydroxylation is 1. The first-order valence-electron chi connectivity index (χ1n) is 13.5. The molecule has 1 atom stereocenters. The molecule has 0 aliphatic carbocycles. The number of fused-ring (bicyclic) bond motifs is 4. The average Bonchev–Trinajstić information content (AvgIpc) is 3.21. The molecule has 0 saturated heterocycles. The number of ether oxygens (including phenoxy) is 1. The van der Waals surface area contributed by atoms with Crippen molar-refractivity contribution >= 4 is 55.0 Å². The molecular weight excluding hydrogens is 571 g/mol. The largest absolute Gasteiger partial charge is 0.584 e. The Morgan fingerprint density at radius 1 is 0.707 bits per heavy atom. The molecular formula is C33H29O5PS2. The maximum atomic E-state index is 13.8. The van der Waals surface area contributed by atoms with Gasteiger partial charge < -0.3 is 13.8 Å². The maximum absolute atomic E-state index is 13.8. The van der Waals surface area contributed by atoms with E-state index in [1.165, 1.54) is 5.56 Å². The Morgan fingerprint density at radius 2 is 1.27 bits per heavy atom. The molecule has 208 valence electrons. The summed E-state index contributed by atoms with van der Waals surface area (Å²) >= 11 is 3.20. The van der Waals surface area contributed by atoms with Gasteiger partial charge in [-0.25, -0.2) is 4.57 Å². The third kappa shape index (κ3) is 5.86. The summed E-state index contributed by atoms with van der Waals surface area (Å²) in [4.78, 5) is 15.2. The van der Waals surface area contributed by atoms with Gasteiger partial charge in [-0.3, -0.25) is 4.89 Å². The number of phosphoric acid groups is 1. The van der Waals surface area contributed by atoms with Crippen molar-refractivity contribution < 1.29 is 23.2 Å². The van der Waals surface area contributed by atoms with E-state index in [0.717, 1.165) is 49.1 Å². The first-order chi connectivity index (χ1) is 20.0. The minimum Gasteiger partial charge on any atom is -0.493 e. The van der Waals surface area contributed by atoms with E-state index in [1.54, 1.807) is 29.6 Å². The molecule has 1 unspecified atom stereocenters. The van der Waals surface area contributed by atoms with Crippen molar-refractivity contribution in [3.8, 4) is 5.75 Å². The van der Waals surface area contributed by atoms with Crippen LogP contribution >= 0.6 is 31.3 Å². The molecule has 0 spiro atoms. The highest BCUT2D eigenvalue weighted by Crippen LogP contribution is 2.56. The second kappa shape index (κ2) is 11.9. The van der Waals surface area contributed by atoms with Crippen LogP contribution in [0.25, 0.3) is 23.7 Å². The smallest absolute Gasteiger partial charge is 0.493 e. The summed E-state index contributed by atoms with van der Waals surface area (Å²) in [7, 11) is -4.66. The molecule has 0 fully saturated rings. The molecule has 2 aliphatic rings. The quantitative estimate of drug-likeness (QED) is 0.202. The summed E-state index contributed by atoms with van der Waals surface area (Å²) in [6, 6.07) is 27.5. The van der Waals surface area contributed by atoms with E-state index in [-0.39, 0.29) is 5.76 Å². The highest BCUT2D eigenvalue weighted by Gasteiger charge is 2.33. The van der Waals surface area contributed by atoms with Crippen LogP contribution in [-0.4, -0.2) is 11.5 Å². The van der Waals surface area contributed by atoms with Gasteiger partial charge in [0.2, 0.25) is 0 Å². The van der Waals surface area contributed by atoms with E-state index in [0.29, 0.717) is 23.7 Å². The molecule has 0 saturated carbocycles. The van der Waals surface area contributed by atoms with Crippen molar-refractivity contribution in [1.82, 2.24) is 0 Å². The van der Waals surface area contributed by atoms with Gasteiger partial charge in [0.1, 0.15) is 17.3 Å². The fourth-order valence-electron chi connectivity index (χ4n) is 4.91. The van der Waals surface area contributed by atoms with Gasteiger partial charge in [0.25, 0.3) is 0 Å². The molecule has 0 bridgehead atoms. The fourth-order valence-corrected chi connectivity index (χ4v) is 8.06. The maximum Gasteiger partial charge on any atom is 0.584 e. The molecule has 6 rings (SSSR count). The van der Waals surface area contributed by atoms with Crippen molar-refractivity contribution in [2.75, 3.05) is 6.61 Å². The molecule has 2 heterocycles. The number of benzene rings is 4. The second-order valence-corrected chi connectivity index (χ2v) is 13.0. The normalized spacial score (nSPS) is 14.9. The van der Waals surface area contributed by atoms with Crippen LogP contribution in [0.4, 0.5) is 0 Å². The summed E-state index contributed by atoms with van der Waals surface area (Å²) < 4.78 is 31.6. The number of phosphoric ester groups is 1. The van der Waals surface area contributed by atoms with Crippen LogP contribution in [0, 0.1) is 0 Å². The van der Waals surface area contributed by atoms with Crippen LogP contribution < -0.4 is 4.74 Å². The van der Waals surface area contributed by atoms with Gasteiger partial charge in [0.15, 0.2) is 0 Å². The number of hydrogen-bond acceptors (Lipinski definition) is 6. The Kier molecular flexibility index (Phi) is 8.05. The molecule has 0 radical (unpaired) electrons. The summed E-state index contributed by atoms with van der Waals surface area (Å²) in [6.45, 7) is 4.56. The highest BCUT2D eigenvalue weighted by atomic mass is 32.2. The number of rotatable bonds is 8. The van der Waals surface area contributed by atoms with Crippen LogP contribution in [0.5, 0.6) is 5.75 Å². The van der Waals surface area contributed by atoms with Crippen LogP contribution in [0.3, 0.4) is 0 Å². The highest BCUT2D eigenvalue weighted by molar-refractivity contribution is 7.99. The molecule has 5 nitrogen and oxygen atoms in total. The number of hydrogen-bond donors (Lipinski definition) is 1. The lowest BCUT2D eigenvalue weighted by atomic mass is 10.0. The van der Waals surface area contributed by atoms with Crippen molar-refractivity contribution in [2.24, 2.45) is 0 Å². The van der Waals surface area contributed by atoms with Crippen LogP contribution in [-0.2, 0) is 20.0 Å². The van der Waals surface area contributed by atoms with E-state index in [2.05, 4.69) is 19.1 Å². The molecule has 0 aromatic heterocycles. The fraction of sp³-hybridized carbons (Fsp3) is 0.152. The van der Waals surface area contributed by atoms with Crippen molar-refractivity contribution in [3.05, 3.63) is 113 Å². The third-order valence-corrected chi connectivity index (χ3v) is 10.0. The van der Waals surface area contributed by atoms with E-state index >= 15 is 0 Å². The van der Waals surface area contributed by atoms with Crippen molar-refractivity contribution in [3.63, 3.8) is 0 Å². The predicted molar refractivity (Wildman–Crippen MR) is 167 cm³/mol. The summed E-state index contributed by atoms with van der Waals surface area (Å²) in [5, 5.41) is 0. The monoisotopic (exact) mass is 600 g/mol. The Morgan fingerprint density at radius 3 is 1.88 bits per heavy atom. The predicted octanol–water partition coefficient (Wildman–Crippen LogP) is 9.80. The summed E-state index contributed by atoms with van der Waals surface area (Å²) in [5.74, 6) is 1.23. The van der Waals surface area contributed by atoms with Gasteiger partial charge in [-0.15, -0.1) is 0 Å². The second-order valence-electron chi connectivity index (χ2n) is 9.56. The SMILES string of the molecule is CCCc1cccc2c1Sc1ccccc1C=C2OP(=O)(O)OC1=Cc2ccccc2Sc2c(OCC)cccc21. The zero-order valence-corrected chi connectivity index (χ0v) is 25.2. The Hall–Kier alpha value is -3.35. The molecule has 0 amide bonds. The zero-order chi connectivity index (χ0) is 28.4. The Bertz CT molecular complexity index is 1610. The third-order valence-electron chi connectivity index (χ3n) is 6.69. The molecule has 41 heavy (non-hydrogen) atoms. The van der Waals surface area contributed by atoms with Gasteiger partial charge in [0, 0.05) is 25.8 Å². The molecule has 4 aromatic rings. The summed E-state index contributed by atoms with van der Waals surface area (Å²) in [5.41, 5.74) is 4.39. The van der Waals surface area contributed by atoms with Gasteiger partial charge >= 0.3 is 7.82 Å². The van der Waals surface area contributed by atoms with Gasteiger partial charge in [-0.1, -0.05) is 97.5 Å². The zero-order valence-electron chi connectivity index (χ0n) is 22.7. The Balaban J connectivity index is 1.42. The topological polar surface area (TPSA) is 65.0 Å². The van der Waals surface area contributed by atoms with Gasteiger partial charge in [-0.2, -0.15) is 0 Å². The van der Waals surface area contributed by atoms with E-state index < -0.39 is 7.82 Å². The van der Waals surface area contributed by atoms with E-state index in [1.807, 2.05) is 85.8 Å². The Labute approximate surface area is 248 Å². The lowest BCUT2D eigenvalue weighted by Gasteiger charge is -2.20. The van der Waals surface area contributed by atoms with Gasteiger partial charge in [-0.05, 0) is 66.5 Å². The molecule has 1 N–H and O–H groups in total. The summed E-state index contributed by atoms with van der Waals surface area (Å²) in [6.07, 6.45) is 5.48. The first kappa shape index (κ1) is 27.8. The molecule has 4 aromatic carbocycles. The minimum absolute atomic E-state index is 0.244. The lowest BCUT2D eigenvalue weighted by molar-refractivity contribution is 0.264. The first-order valence-corrected chi connectivity index (χ1v) is 16.7. The van der Waals surface area contributed by atoms with E-state index in [9.17, 15) is 9.46 Å².